The molecule has 1 aromatic heterocycles. The number of nitrogens with one attached hydrogen (secondary N) is 1. The van der Waals surface area contributed by atoms with Gasteiger partial charge >= 0.3 is 0 Å². The van der Waals surface area contributed by atoms with E-state index in [0.717, 1.165) is 5.69 Å². The molecular weight excluding hydrogens is 244 g/mol. The summed E-state index contributed by atoms with van der Waals surface area (Å²) >= 11 is 0. The van der Waals surface area contributed by atoms with Crippen LogP contribution in [0.1, 0.15) is 44.7 Å². The quantitative estimate of drug-likeness (QED) is 0.760. The van der Waals surface area contributed by atoms with Crippen LogP contribution in [0.3, 0.4) is 0 Å². The van der Waals surface area contributed by atoms with Gasteiger partial charge in [-0.3, -0.25) is 4.79 Å². The summed E-state index contributed by atoms with van der Waals surface area (Å²) in [6.45, 7) is 4.60. The van der Waals surface area contributed by atoms with Crippen molar-refractivity contribution in [2.24, 2.45) is 5.92 Å². The second-order valence-electron chi connectivity index (χ2n) is 5.57. The average molecular weight is 266 g/mol. The fraction of sp³-hybridized carbons (Fsp3) is 0.769. The molecule has 6 nitrogen and oxygen atoms in total. The minimum atomic E-state index is -0.367. The van der Waals surface area contributed by atoms with Gasteiger partial charge in [0.15, 0.2) is 0 Å². The maximum Gasteiger partial charge on any atom is 0.241 e. The van der Waals surface area contributed by atoms with Crippen LogP contribution in [0.15, 0.2) is 6.20 Å². The van der Waals surface area contributed by atoms with Crippen molar-refractivity contribution in [3.8, 4) is 0 Å². The van der Waals surface area contributed by atoms with Crippen molar-refractivity contribution in [2.45, 2.75) is 51.7 Å². The molecule has 1 unspecified atom stereocenters. The fourth-order valence-electron chi connectivity index (χ4n) is 1.85. The van der Waals surface area contributed by atoms with E-state index in [1.54, 1.807) is 4.68 Å². The first-order valence-corrected chi connectivity index (χ1v) is 6.91. The van der Waals surface area contributed by atoms with Crippen molar-refractivity contribution in [1.29, 1.82) is 0 Å². The molecule has 1 fully saturated rings. The Morgan fingerprint density at radius 1 is 1.58 bits per heavy atom. The molecule has 0 spiro atoms. The molecule has 0 bridgehead atoms. The van der Waals surface area contributed by atoms with Crippen molar-refractivity contribution in [3.63, 3.8) is 0 Å². The predicted molar refractivity (Wildman–Crippen MR) is 70.5 cm³/mol. The number of aliphatic hydroxyl groups is 1. The zero-order valence-electron chi connectivity index (χ0n) is 11.5. The van der Waals surface area contributed by atoms with Gasteiger partial charge in [0.1, 0.15) is 6.54 Å². The molecule has 0 saturated heterocycles. The molecule has 2 rings (SSSR count). The Hall–Kier alpha value is -1.43. The molecule has 6 heteroatoms. The summed E-state index contributed by atoms with van der Waals surface area (Å²) < 4.78 is 1.57. The number of carbonyl (C=O) groups is 1. The first-order chi connectivity index (χ1) is 9.06. The molecule has 1 atom stereocenters. The Morgan fingerprint density at radius 3 is 2.95 bits per heavy atom. The van der Waals surface area contributed by atoms with E-state index in [0.29, 0.717) is 18.9 Å². The Labute approximate surface area is 113 Å². The largest absolute Gasteiger partial charge is 0.393 e. The third-order valence-electron chi connectivity index (χ3n) is 3.39. The lowest BCUT2D eigenvalue weighted by atomic mass is 10.0. The second-order valence-corrected chi connectivity index (χ2v) is 5.57. The zero-order chi connectivity index (χ0) is 13.8. The molecule has 19 heavy (non-hydrogen) atoms. The normalized spacial score (nSPS) is 16.6. The molecule has 106 valence electrons. The summed E-state index contributed by atoms with van der Waals surface area (Å²) in [6, 6.07) is 0. The molecule has 2 N–H and O–H groups in total. The lowest BCUT2D eigenvalue weighted by molar-refractivity contribution is -0.121. The number of rotatable bonds is 7. The third kappa shape index (κ3) is 4.31. The lowest BCUT2D eigenvalue weighted by Gasteiger charge is -2.14. The van der Waals surface area contributed by atoms with Gasteiger partial charge in [-0.25, -0.2) is 4.68 Å². The summed E-state index contributed by atoms with van der Waals surface area (Å²) in [6.07, 6.45) is 4.41. The number of nitrogens with zero attached hydrogens (tertiary/aromatic N) is 3. The minimum absolute atomic E-state index is 0.0943. The highest BCUT2D eigenvalue weighted by Crippen LogP contribution is 2.38. The van der Waals surface area contributed by atoms with Crippen molar-refractivity contribution in [1.82, 2.24) is 20.3 Å². The van der Waals surface area contributed by atoms with Gasteiger partial charge in [0.25, 0.3) is 0 Å². The molecule has 1 aliphatic carbocycles. The molecule has 1 saturated carbocycles. The Balaban J connectivity index is 1.68. The molecule has 1 aliphatic rings. The van der Waals surface area contributed by atoms with Gasteiger partial charge in [0.05, 0.1) is 11.8 Å². The number of amides is 1. The first-order valence-electron chi connectivity index (χ1n) is 6.91. The summed E-state index contributed by atoms with van der Waals surface area (Å²) in [5.41, 5.74) is 0.989. The highest BCUT2D eigenvalue weighted by atomic mass is 16.3. The fourth-order valence-corrected chi connectivity index (χ4v) is 1.85. The highest BCUT2D eigenvalue weighted by molar-refractivity contribution is 5.75. The molecule has 0 aliphatic heterocycles. The lowest BCUT2D eigenvalue weighted by Crippen LogP contribution is -2.31. The predicted octanol–water partition coefficient (Wildman–Crippen LogP) is 0.679. The molecular formula is C13H22N4O2. The van der Waals surface area contributed by atoms with E-state index in [4.69, 9.17) is 0 Å². The molecule has 0 aromatic carbocycles. The Bertz CT molecular complexity index is 426. The SMILES string of the molecule is CC(C)C(O)CCNC(=O)Cn1cc(C2CC2)nn1. The van der Waals surface area contributed by atoms with Crippen LogP contribution in [-0.2, 0) is 11.3 Å². The maximum atomic E-state index is 11.7. The smallest absolute Gasteiger partial charge is 0.241 e. The van der Waals surface area contributed by atoms with Gasteiger partial charge in [-0.05, 0) is 25.2 Å². The Morgan fingerprint density at radius 2 is 2.32 bits per heavy atom. The molecule has 1 heterocycles. The van der Waals surface area contributed by atoms with Crippen LogP contribution in [0, 0.1) is 5.92 Å². The van der Waals surface area contributed by atoms with Gasteiger partial charge in [-0.1, -0.05) is 19.1 Å². The maximum absolute atomic E-state index is 11.7. The van der Waals surface area contributed by atoms with Crippen LogP contribution in [-0.4, -0.2) is 38.7 Å². The third-order valence-corrected chi connectivity index (χ3v) is 3.39. The van der Waals surface area contributed by atoms with Gasteiger partial charge in [-0.15, -0.1) is 5.10 Å². The van der Waals surface area contributed by atoms with E-state index >= 15 is 0 Å². The second kappa shape index (κ2) is 6.14. The molecule has 0 radical (unpaired) electrons. The average Bonchev–Trinajstić information content (AvgIpc) is 3.10. The van der Waals surface area contributed by atoms with Crippen LogP contribution in [0.4, 0.5) is 0 Å². The van der Waals surface area contributed by atoms with E-state index in [-0.39, 0.29) is 24.5 Å². The van der Waals surface area contributed by atoms with Crippen LogP contribution in [0.5, 0.6) is 0 Å². The van der Waals surface area contributed by atoms with E-state index in [9.17, 15) is 9.90 Å². The van der Waals surface area contributed by atoms with Crippen molar-refractivity contribution in [3.05, 3.63) is 11.9 Å². The number of hydrogen-bond acceptors (Lipinski definition) is 4. The summed E-state index contributed by atoms with van der Waals surface area (Å²) in [4.78, 5) is 11.7. The van der Waals surface area contributed by atoms with E-state index in [1.165, 1.54) is 12.8 Å². The van der Waals surface area contributed by atoms with Crippen LogP contribution in [0.25, 0.3) is 0 Å². The summed E-state index contributed by atoms with van der Waals surface area (Å²) in [5, 5.41) is 20.4. The summed E-state index contributed by atoms with van der Waals surface area (Å²) in [5.74, 6) is 0.675. The number of hydrogen-bond donors (Lipinski definition) is 2. The van der Waals surface area contributed by atoms with Gasteiger partial charge in [0.2, 0.25) is 5.91 Å². The minimum Gasteiger partial charge on any atom is -0.393 e. The number of aliphatic hydroxyl groups excluding tert-OH is 1. The van der Waals surface area contributed by atoms with E-state index in [1.807, 2.05) is 20.0 Å². The van der Waals surface area contributed by atoms with Crippen LogP contribution in [0.2, 0.25) is 0 Å². The van der Waals surface area contributed by atoms with E-state index in [2.05, 4.69) is 15.6 Å². The van der Waals surface area contributed by atoms with Crippen molar-refractivity contribution >= 4 is 5.91 Å². The molecule has 1 aromatic rings. The van der Waals surface area contributed by atoms with Crippen molar-refractivity contribution in [2.75, 3.05) is 6.54 Å². The van der Waals surface area contributed by atoms with Crippen LogP contribution < -0.4 is 5.32 Å². The Kier molecular flexibility index (Phi) is 4.52. The van der Waals surface area contributed by atoms with Gasteiger partial charge < -0.3 is 10.4 Å². The highest BCUT2D eigenvalue weighted by Gasteiger charge is 2.26. The first kappa shape index (κ1) is 14.0. The number of aromatic nitrogens is 3. The topological polar surface area (TPSA) is 80.0 Å². The summed E-state index contributed by atoms with van der Waals surface area (Å²) in [7, 11) is 0. The van der Waals surface area contributed by atoms with E-state index < -0.39 is 0 Å². The zero-order valence-corrected chi connectivity index (χ0v) is 11.5. The van der Waals surface area contributed by atoms with Crippen molar-refractivity contribution < 1.29 is 9.90 Å². The van der Waals surface area contributed by atoms with Crippen LogP contribution >= 0.6 is 0 Å². The number of carbonyl (C=O) groups excluding carboxylic acids is 1. The van der Waals surface area contributed by atoms with Gasteiger partial charge in [0, 0.05) is 18.7 Å². The monoisotopic (exact) mass is 266 g/mol. The van der Waals surface area contributed by atoms with Gasteiger partial charge in [-0.2, -0.15) is 0 Å². The standard InChI is InChI=1S/C13H22N4O2/c1-9(2)12(18)5-6-14-13(19)8-17-7-11(15-16-17)10-3-4-10/h7,9-10,12,18H,3-6,8H2,1-2H3,(H,14,19). The molecule has 1 amide bonds.